The first-order valence-corrected chi connectivity index (χ1v) is 15.2. The lowest BCUT2D eigenvalue weighted by Gasteiger charge is -2.49. The van der Waals surface area contributed by atoms with Gasteiger partial charge in [-0.2, -0.15) is 0 Å². The van der Waals surface area contributed by atoms with Crippen molar-refractivity contribution in [2.45, 2.75) is 149 Å². The predicted molar refractivity (Wildman–Crippen MR) is 136 cm³/mol. The van der Waals surface area contributed by atoms with Crippen LogP contribution in [0.2, 0.25) is 0 Å². The van der Waals surface area contributed by atoms with Crippen molar-refractivity contribution in [3.05, 3.63) is 0 Å². The molecule has 0 radical (unpaired) electrons. The molecule has 5 fully saturated rings. The molecule has 0 heteroatoms. The minimum atomic E-state index is 1.03. The van der Waals surface area contributed by atoms with Crippen molar-refractivity contribution < 1.29 is 0 Å². The molecule has 0 amide bonds. The Morgan fingerprint density at radius 1 is 0.516 bits per heavy atom. The fourth-order valence-corrected chi connectivity index (χ4v) is 9.12. The summed E-state index contributed by atoms with van der Waals surface area (Å²) in [5, 5.41) is 0. The Labute approximate surface area is 196 Å². The average Bonchev–Trinajstić information content (AvgIpc) is 3.27. The first kappa shape index (κ1) is 24.1. The Morgan fingerprint density at radius 2 is 1.10 bits per heavy atom. The fourth-order valence-electron chi connectivity index (χ4n) is 9.12. The highest BCUT2D eigenvalue weighted by Gasteiger charge is 2.47. The van der Waals surface area contributed by atoms with Crippen LogP contribution in [-0.4, -0.2) is 0 Å². The van der Waals surface area contributed by atoms with Crippen LogP contribution in [0, 0.1) is 47.3 Å². The van der Waals surface area contributed by atoms with Crippen LogP contribution in [0.1, 0.15) is 149 Å². The largest absolute Gasteiger partial charge is 0.0625 e. The number of rotatable bonds is 4. The van der Waals surface area contributed by atoms with E-state index in [1.807, 2.05) is 0 Å². The van der Waals surface area contributed by atoms with Gasteiger partial charge in [0.2, 0.25) is 0 Å². The van der Waals surface area contributed by atoms with Gasteiger partial charge in [0.15, 0.2) is 0 Å². The standard InChI is InChI=1S/C24H42.C7H14/c1-18-17-21-13-8-14-23(21)24(20-11-6-3-7-12-20)22(18)16-15-19-9-4-2-5-10-19;1-7-5-3-2-4-6-7/h18-24H,2-17H2,1H3;7H,2-6H2,1H3. The van der Waals surface area contributed by atoms with Crippen molar-refractivity contribution in [2.24, 2.45) is 47.3 Å². The average molecular weight is 429 g/mol. The minimum Gasteiger partial charge on any atom is -0.0625 e. The van der Waals surface area contributed by atoms with Crippen LogP contribution in [-0.2, 0) is 0 Å². The van der Waals surface area contributed by atoms with Crippen LogP contribution < -0.4 is 0 Å². The summed E-state index contributed by atoms with van der Waals surface area (Å²) in [5.41, 5.74) is 0. The third-order valence-electron chi connectivity index (χ3n) is 10.8. The second-order valence-corrected chi connectivity index (χ2v) is 13.0. The third kappa shape index (κ3) is 6.76. The first-order chi connectivity index (χ1) is 15.2. The molecular weight excluding hydrogens is 372 g/mol. The molecule has 5 rings (SSSR count). The Hall–Kier alpha value is 0. The fraction of sp³-hybridized carbons (Fsp3) is 1.00. The molecule has 0 nitrogen and oxygen atoms in total. The summed E-state index contributed by atoms with van der Waals surface area (Å²) in [4.78, 5) is 0. The number of hydrogen-bond donors (Lipinski definition) is 0. The summed E-state index contributed by atoms with van der Waals surface area (Å²) in [6.07, 6.45) is 32.4. The second-order valence-electron chi connectivity index (χ2n) is 13.0. The zero-order valence-corrected chi connectivity index (χ0v) is 21.5. The van der Waals surface area contributed by atoms with E-state index in [0.29, 0.717) is 0 Å². The summed E-state index contributed by atoms with van der Waals surface area (Å²) in [6, 6.07) is 0. The normalized spacial score (nSPS) is 38.3. The third-order valence-corrected chi connectivity index (χ3v) is 10.8. The zero-order valence-electron chi connectivity index (χ0n) is 21.5. The molecule has 5 atom stereocenters. The van der Waals surface area contributed by atoms with Crippen molar-refractivity contribution in [3.63, 3.8) is 0 Å². The molecule has 0 aromatic rings. The Bertz CT molecular complexity index is 476. The van der Waals surface area contributed by atoms with Crippen LogP contribution in [0.4, 0.5) is 0 Å². The van der Waals surface area contributed by atoms with Crippen LogP contribution in [0.5, 0.6) is 0 Å². The lowest BCUT2D eigenvalue weighted by atomic mass is 9.56. The van der Waals surface area contributed by atoms with Crippen molar-refractivity contribution >= 4 is 0 Å². The maximum atomic E-state index is 2.65. The molecule has 0 bridgehead atoms. The van der Waals surface area contributed by atoms with E-state index in [1.165, 1.54) is 57.8 Å². The van der Waals surface area contributed by atoms with Crippen LogP contribution >= 0.6 is 0 Å². The van der Waals surface area contributed by atoms with Crippen molar-refractivity contribution in [3.8, 4) is 0 Å². The molecule has 0 aliphatic heterocycles. The maximum Gasteiger partial charge on any atom is -0.0324 e. The molecule has 0 N–H and O–H groups in total. The smallest absolute Gasteiger partial charge is 0.0324 e. The Kier molecular flexibility index (Phi) is 9.70. The molecule has 5 aliphatic rings. The van der Waals surface area contributed by atoms with E-state index in [0.717, 1.165) is 47.3 Å². The van der Waals surface area contributed by atoms with E-state index in [2.05, 4.69) is 13.8 Å². The number of fused-ring (bicyclic) bond motifs is 1. The van der Waals surface area contributed by atoms with E-state index in [4.69, 9.17) is 0 Å². The van der Waals surface area contributed by atoms with Gasteiger partial charge in [-0.3, -0.25) is 0 Å². The number of hydrogen-bond acceptors (Lipinski definition) is 0. The monoisotopic (exact) mass is 428 g/mol. The highest BCUT2D eigenvalue weighted by atomic mass is 14.5. The predicted octanol–water partition coefficient (Wildman–Crippen LogP) is 10.2. The Morgan fingerprint density at radius 3 is 1.71 bits per heavy atom. The minimum absolute atomic E-state index is 1.03. The summed E-state index contributed by atoms with van der Waals surface area (Å²) in [7, 11) is 0. The van der Waals surface area contributed by atoms with Crippen LogP contribution in [0.15, 0.2) is 0 Å². The maximum absolute atomic E-state index is 2.65. The molecule has 31 heavy (non-hydrogen) atoms. The summed E-state index contributed by atoms with van der Waals surface area (Å²) in [6.45, 7) is 5.01. The van der Waals surface area contributed by atoms with E-state index in [1.54, 1.807) is 77.0 Å². The van der Waals surface area contributed by atoms with Crippen molar-refractivity contribution in [2.75, 3.05) is 0 Å². The van der Waals surface area contributed by atoms with Gasteiger partial charge in [-0.1, -0.05) is 129 Å². The summed E-state index contributed by atoms with van der Waals surface area (Å²) >= 11 is 0. The van der Waals surface area contributed by atoms with Crippen LogP contribution in [0.3, 0.4) is 0 Å². The van der Waals surface area contributed by atoms with Crippen molar-refractivity contribution in [1.82, 2.24) is 0 Å². The van der Waals surface area contributed by atoms with Gasteiger partial charge in [0.1, 0.15) is 0 Å². The van der Waals surface area contributed by atoms with E-state index in [9.17, 15) is 0 Å². The molecule has 0 aromatic heterocycles. The molecule has 5 saturated carbocycles. The molecule has 0 saturated heterocycles. The Balaban J connectivity index is 0.000000282. The summed E-state index contributed by atoms with van der Waals surface area (Å²) in [5.74, 6) is 8.76. The molecule has 180 valence electrons. The second kappa shape index (κ2) is 12.5. The topological polar surface area (TPSA) is 0 Å². The highest BCUT2D eigenvalue weighted by Crippen LogP contribution is 2.56. The van der Waals surface area contributed by atoms with Gasteiger partial charge in [-0.05, 0) is 66.6 Å². The van der Waals surface area contributed by atoms with E-state index >= 15 is 0 Å². The molecule has 0 aromatic carbocycles. The van der Waals surface area contributed by atoms with Gasteiger partial charge in [-0.15, -0.1) is 0 Å². The molecular formula is C31H56. The quantitative estimate of drug-likeness (QED) is 0.417. The van der Waals surface area contributed by atoms with Gasteiger partial charge in [0.25, 0.3) is 0 Å². The lowest BCUT2D eigenvalue weighted by Crippen LogP contribution is -2.42. The zero-order chi connectivity index (χ0) is 21.5. The lowest BCUT2D eigenvalue weighted by molar-refractivity contribution is -0.0000617. The molecule has 0 spiro atoms. The SMILES string of the molecule is CC1CC2CCCC2C(C2CCCCC2)C1CCC1CCCCC1.CC1CCCCC1. The van der Waals surface area contributed by atoms with E-state index in [-0.39, 0.29) is 0 Å². The first-order valence-electron chi connectivity index (χ1n) is 15.2. The van der Waals surface area contributed by atoms with Gasteiger partial charge in [-0.25, -0.2) is 0 Å². The van der Waals surface area contributed by atoms with Crippen LogP contribution in [0.25, 0.3) is 0 Å². The van der Waals surface area contributed by atoms with Crippen molar-refractivity contribution in [1.29, 1.82) is 0 Å². The molecule has 5 aliphatic carbocycles. The van der Waals surface area contributed by atoms with Gasteiger partial charge < -0.3 is 0 Å². The highest BCUT2D eigenvalue weighted by molar-refractivity contribution is 4.97. The van der Waals surface area contributed by atoms with Gasteiger partial charge in [0, 0.05) is 0 Å². The summed E-state index contributed by atoms with van der Waals surface area (Å²) < 4.78 is 0. The van der Waals surface area contributed by atoms with Gasteiger partial charge in [0.05, 0.1) is 0 Å². The van der Waals surface area contributed by atoms with Gasteiger partial charge >= 0.3 is 0 Å². The molecule has 0 heterocycles. The molecule has 5 unspecified atom stereocenters. The van der Waals surface area contributed by atoms with E-state index < -0.39 is 0 Å².